The van der Waals surface area contributed by atoms with Crippen LogP contribution in [0.15, 0.2) is 60.8 Å². The van der Waals surface area contributed by atoms with E-state index in [4.69, 9.17) is 4.74 Å². The minimum atomic E-state index is -0.455. The fourth-order valence-electron chi connectivity index (χ4n) is 3.02. The molecule has 1 aromatic carbocycles. The summed E-state index contributed by atoms with van der Waals surface area (Å²) in [6.45, 7) is 3.98. The normalized spacial score (nSPS) is 10.9. The van der Waals surface area contributed by atoms with E-state index in [0.29, 0.717) is 12.4 Å². The van der Waals surface area contributed by atoms with Crippen LogP contribution in [-0.2, 0) is 4.74 Å². The van der Waals surface area contributed by atoms with Crippen molar-refractivity contribution in [3.8, 4) is 17.1 Å². The zero-order valence-corrected chi connectivity index (χ0v) is 15.1. The molecule has 6 nitrogen and oxygen atoms in total. The third-order valence-electron chi connectivity index (χ3n) is 4.21. The van der Waals surface area contributed by atoms with E-state index in [1.807, 2.05) is 55.5 Å². The molecule has 0 radical (unpaired) electrons. The van der Waals surface area contributed by atoms with Gasteiger partial charge in [0, 0.05) is 22.8 Å². The topological polar surface area (TPSA) is 69.9 Å². The van der Waals surface area contributed by atoms with Crippen LogP contribution in [-0.4, -0.2) is 32.3 Å². The Kier molecular flexibility index (Phi) is 4.38. The number of fused-ring (bicyclic) bond motifs is 1. The Hall–Kier alpha value is -3.54. The van der Waals surface area contributed by atoms with E-state index in [-0.39, 0.29) is 5.69 Å². The predicted molar refractivity (Wildman–Crippen MR) is 103 cm³/mol. The van der Waals surface area contributed by atoms with Gasteiger partial charge in [-0.25, -0.2) is 14.5 Å². The summed E-state index contributed by atoms with van der Waals surface area (Å²) < 4.78 is 6.81. The van der Waals surface area contributed by atoms with E-state index in [2.05, 4.69) is 15.1 Å². The molecule has 3 aromatic heterocycles. The van der Waals surface area contributed by atoms with Crippen LogP contribution in [0.2, 0.25) is 0 Å². The number of ether oxygens (including phenoxy) is 1. The molecule has 0 bridgehead atoms. The molecule has 3 heterocycles. The van der Waals surface area contributed by atoms with Crippen LogP contribution in [0, 0.1) is 6.92 Å². The lowest BCUT2D eigenvalue weighted by Crippen LogP contribution is -2.07. The number of benzene rings is 1. The van der Waals surface area contributed by atoms with Crippen molar-refractivity contribution >= 4 is 16.9 Å². The highest BCUT2D eigenvalue weighted by Crippen LogP contribution is 2.29. The predicted octanol–water partition coefficient (Wildman–Crippen LogP) is 3.97. The number of hydrogen-bond donors (Lipinski definition) is 0. The molecule has 6 heteroatoms. The zero-order valence-electron chi connectivity index (χ0n) is 15.1. The van der Waals surface area contributed by atoms with E-state index in [0.717, 1.165) is 27.9 Å². The summed E-state index contributed by atoms with van der Waals surface area (Å²) in [5.74, 6) is 0.185. The summed E-state index contributed by atoms with van der Waals surface area (Å²) >= 11 is 0. The van der Waals surface area contributed by atoms with Crippen molar-refractivity contribution in [2.45, 2.75) is 13.8 Å². The van der Waals surface area contributed by atoms with Crippen LogP contribution in [0.5, 0.6) is 0 Å². The maximum atomic E-state index is 12.3. The molecule has 0 atom stereocenters. The molecule has 4 aromatic rings. The summed E-state index contributed by atoms with van der Waals surface area (Å²) in [4.78, 5) is 21.3. The Labute approximate surface area is 156 Å². The van der Waals surface area contributed by atoms with Gasteiger partial charge in [-0.15, -0.1) is 0 Å². The number of aromatic nitrogens is 4. The van der Waals surface area contributed by atoms with Gasteiger partial charge in [0.15, 0.2) is 11.5 Å². The number of rotatable bonds is 4. The first-order chi connectivity index (χ1) is 13.2. The molecule has 0 spiro atoms. The molecular formula is C21H18N4O2. The van der Waals surface area contributed by atoms with Crippen LogP contribution in [0.3, 0.4) is 0 Å². The lowest BCUT2D eigenvalue weighted by atomic mass is 10.1. The Balaban J connectivity index is 1.97. The fourth-order valence-corrected chi connectivity index (χ4v) is 3.02. The largest absolute Gasteiger partial charge is 0.461 e. The van der Waals surface area contributed by atoms with E-state index < -0.39 is 5.97 Å². The van der Waals surface area contributed by atoms with Gasteiger partial charge in [-0.3, -0.25) is 4.98 Å². The highest BCUT2D eigenvalue weighted by Gasteiger charge is 2.19. The van der Waals surface area contributed by atoms with Crippen LogP contribution < -0.4 is 0 Å². The van der Waals surface area contributed by atoms with Crippen LogP contribution in [0.1, 0.15) is 23.1 Å². The number of pyridine rings is 2. The summed E-state index contributed by atoms with van der Waals surface area (Å²) in [6.07, 6.45) is 1.75. The van der Waals surface area contributed by atoms with E-state index in [1.54, 1.807) is 23.9 Å². The molecule has 0 aliphatic heterocycles. The van der Waals surface area contributed by atoms with Crippen molar-refractivity contribution in [2.24, 2.45) is 0 Å². The van der Waals surface area contributed by atoms with E-state index >= 15 is 0 Å². The van der Waals surface area contributed by atoms with Gasteiger partial charge < -0.3 is 4.74 Å². The quantitative estimate of drug-likeness (QED) is 0.516. The smallest absolute Gasteiger partial charge is 0.358 e. The number of esters is 1. The number of hydrogen-bond acceptors (Lipinski definition) is 5. The number of aryl methyl sites for hydroxylation is 1. The van der Waals surface area contributed by atoms with Crippen LogP contribution in [0.25, 0.3) is 28.0 Å². The van der Waals surface area contributed by atoms with Crippen LogP contribution >= 0.6 is 0 Å². The number of nitrogens with zero attached hydrogens (tertiary/aromatic N) is 4. The summed E-state index contributed by atoms with van der Waals surface area (Å²) in [6, 6.07) is 17.2. The van der Waals surface area contributed by atoms with Crippen molar-refractivity contribution in [2.75, 3.05) is 6.61 Å². The van der Waals surface area contributed by atoms with Gasteiger partial charge in [-0.1, -0.05) is 24.3 Å². The molecular weight excluding hydrogens is 340 g/mol. The number of carbonyl (C=O) groups is 1. The standard InChI is InChI=1S/C21H18N4O2/c1-3-27-21(26)18-13-19(25(24-18)20-10-6-7-14(2)23-20)16-11-12-22-17-9-5-4-8-15(16)17/h4-13H,3H2,1-2H3. The molecule has 0 unspecified atom stereocenters. The molecule has 0 saturated carbocycles. The van der Waals surface area contributed by atoms with Crippen molar-refractivity contribution < 1.29 is 9.53 Å². The van der Waals surface area contributed by atoms with Crippen molar-refractivity contribution in [1.82, 2.24) is 19.7 Å². The van der Waals surface area contributed by atoms with Crippen molar-refractivity contribution in [3.05, 3.63) is 72.2 Å². The van der Waals surface area contributed by atoms with Crippen molar-refractivity contribution in [1.29, 1.82) is 0 Å². The minimum Gasteiger partial charge on any atom is -0.461 e. The molecule has 0 fully saturated rings. The molecule has 0 amide bonds. The molecule has 0 aliphatic carbocycles. The SMILES string of the molecule is CCOC(=O)c1cc(-c2ccnc3ccccc23)n(-c2cccc(C)n2)n1. The Morgan fingerprint density at radius 2 is 1.96 bits per heavy atom. The average molecular weight is 358 g/mol. The Morgan fingerprint density at radius 3 is 2.78 bits per heavy atom. The number of para-hydroxylation sites is 1. The second kappa shape index (κ2) is 6.99. The Bertz CT molecular complexity index is 1130. The van der Waals surface area contributed by atoms with Gasteiger partial charge in [0.1, 0.15) is 0 Å². The summed E-state index contributed by atoms with van der Waals surface area (Å²) in [5.41, 5.74) is 3.67. The maximum Gasteiger partial charge on any atom is 0.358 e. The second-order valence-electron chi connectivity index (χ2n) is 6.06. The first kappa shape index (κ1) is 16.9. The van der Waals surface area contributed by atoms with Gasteiger partial charge in [-0.05, 0) is 44.2 Å². The van der Waals surface area contributed by atoms with E-state index in [1.165, 1.54) is 0 Å². The monoisotopic (exact) mass is 358 g/mol. The van der Waals surface area contributed by atoms with Gasteiger partial charge in [0.05, 0.1) is 17.8 Å². The summed E-state index contributed by atoms with van der Waals surface area (Å²) in [7, 11) is 0. The third-order valence-corrected chi connectivity index (χ3v) is 4.21. The second-order valence-corrected chi connectivity index (χ2v) is 6.06. The van der Waals surface area contributed by atoms with Crippen molar-refractivity contribution in [3.63, 3.8) is 0 Å². The first-order valence-electron chi connectivity index (χ1n) is 8.72. The molecule has 0 aliphatic rings. The van der Waals surface area contributed by atoms with Gasteiger partial charge in [-0.2, -0.15) is 5.10 Å². The molecule has 27 heavy (non-hydrogen) atoms. The Morgan fingerprint density at radius 1 is 1.11 bits per heavy atom. The lowest BCUT2D eigenvalue weighted by Gasteiger charge is -2.09. The summed E-state index contributed by atoms with van der Waals surface area (Å²) in [5, 5.41) is 5.46. The molecule has 134 valence electrons. The minimum absolute atomic E-state index is 0.246. The zero-order chi connectivity index (χ0) is 18.8. The highest BCUT2D eigenvalue weighted by atomic mass is 16.5. The molecule has 4 rings (SSSR count). The average Bonchev–Trinajstić information content (AvgIpc) is 3.13. The first-order valence-corrected chi connectivity index (χ1v) is 8.72. The number of carbonyl (C=O) groups excluding carboxylic acids is 1. The fraction of sp³-hybridized carbons (Fsp3) is 0.143. The van der Waals surface area contributed by atoms with Gasteiger partial charge in [0.2, 0.25) is 0 Å². The van der Waals surface area contributed by atoms with E-state index in [9.17, 15) is 4.79 Å². The maximum absolute atomic E-state index is 12.3. The van der Waals surface area contributed by atoms with Crippen LogP contribution in [0.4, 0.5) is 0 Å². The highest BCUT2D eigenvalue weighted by molar-refractivity contribution is 5.95. The van der Waals surface area contributed by atoms with Gasteiger partial charge >= 0.3 is 5.97 Å². The third kappa shape index (κ3) is 3.17. The van der Waals surface area contributed by atoms with Gasteiger partial charge in [0.25, 0.3) is 0 Å². The molecule has 0 saturated heterocycles. The molecule has 0 N–H and O–H groups in total. The lowest BCUT2D eigenvalue weighted by molar-refractivity contribution is 0.0519.